The van der Waals surface area contributed by atoms with Crippen molar-refractivity contribution in [3.63, 3.8) is 0 Å². The Morgan fingerprint density at radius 1 is 1.31 bits per heavy atom. The third-order valence-corrected chi connectivity index (χ3v) is 5.04. The number of carbonyl (C=O) groups excluding carboxylic acids is 1. The molecule has 1 aromatic carbocycles. The number of nitrogens with zero attached hydrogens (tertiary/aromatic N) is 1. The van der Waals surface area contributed by atoms with Crippen molar-refractivity contribution >= 4 is 39.1 Å². The SMILES string of the molecule is Cc1cc(NC(=O)c2c(Cl)c(NS(=O)(=O)NC(C)C)cn2C)ccc1F. The van der Waals surface area contributed by atoms with E-state index < -0.39 is 16.1 Å². The minimum absolute atomic E-state index is 0.0436. The summed E-state index contributed by atoms with van der Waals surface area (Å²) in [6.45, 7) is 4.93. The maximum absolute atomic E-state index is 13.3. The van der Waals surface area contributed by atoms with Crippen LogP contribution in [-0.4, -0.2) is 24.9 Å². The van der Waals surface area contributed by atoms with E-state index >= 15 is 0 Å². The molecule has 0 aliphatic carbocycles. The van der Waals surface area contributed by atoms with Crippen LogP contribution in [0.2, 0.25) is 5.02 Å². The molecule has 3 N–H and O–H groups in total. The molecule has 10 heteroatoms. The first-order chi connectivity index (χ1) is 12.0. The number of halogens is 2. The molecule has 0 unspecified atom stereocenters. The van der Waals surface area contributed by atoms with Gasteiger partial charge in [0.2, 0.25) is 0 Å². The molecule has 0 bridgehead atoms. The Morgan fingerprint density at radius 2 is 1.96 bits per heavy atom. The van der Waals surface area contributed by atoms with E-state index in [0.717, 1.165) is 0 Å². The van der Waals surface area contributed by atoms with Gasteiger partial charge in [-0.3, -0.25) is 9.52 Å². The first-order valence-corrected chi connectivity index (χ1v) is 9.58. The molecular formula is C16H20ClFN4O3S. The van der Waals surface area contributed by atoms with Crippen molar-refractivity contribution in [2.45, 2.75) is 26.8 Å². The molecule has 1 heterocycles. The highest BCUT2D eigenvalue weighted by Crippen LogP contribution is 2.29. The van der Waals surface area contributed by atoms with Crippen LogP contribution in [0.1, 0.15) is 29.9 Å². The van der Waals surface area contributed by atoms with E-state index in [9.17, 15) is 17.6 Å². The zero-order valence-electron chi connectivity index (χ0n) is 14.7. The maximum atomic E-state index is 13.3. The molecule has 142 valence electrons. The molecule has 2 aromatic rings. The molecule has 0 spiro atoms. The van der Waals surface area contributed by atoms with Crippen LogP contribution in [0.25, 0.3) is 0 Å². The van der Waals surface area contributed by atoms with Gasteiger partial charge in [-0.2, -0.15) is 13.1 Å². The van der Waals surface area contributed by atoms with Gasteiger partial charge in [0, 0.05) is 25.0 Å². The van der Waals surface area contributed by atoms with Crippen LogP contribution in [0.15, 0.2) is 24.4 Å². The number of aryl methyl sites for hydroxylation is 2. The Morgan fingerprint density at radius 3 is 2.54 bits per heavy atom. The van der Waals surface area contributed by atoms with Crippen LogP contribution in [0.3, 0.4) is 0 Å². The Kier molecular flexibility index (Phi) is 5.94. The number of rotatable bonds is 6. The van der Waals surface area contributed by atoms with E-state index in [0.29, 0.717) is 11.3 Å². The fourth-order valence-electron chi connectivity index (χ4n) is 2.33. The number of anilines is 2. The molecule has 0 aliphatic rings. The molecule has 0 fully saturated rings. The summed E-state index contributed by atoms with van der Waals surface area (Å²) in [7, 11) is -2.27. The van der Waals surface area contributed by atoms with Crippen LogP contribution in [0.4, 0.5) is 15.8 Å². The molecular weight excluding hydrogens is 383 g/mol. The average molecular weight is 403 g/mol. The third kappa shape index (κ3) is 4.75. The standard InChI is InChI=1S/C16H20ClFN4O3S/c1-9(2)20-26(24,25)21-13-8-22(4)15(14(13)17)16(23)19-11-5-6-12(18)10(3)7-11/h5-9,20-21H,1-4H3,(H,19,23). The second kappa shape index (κ2) is 7.65. The number of hydrogen-bond acceptors (Lipinski definition) is 3. The van der Waals surface area contributed by atoms with E-state index in [1.165, 1.54) is 29.0 Å². The molecule has 0 atom stereocenters. The van der Waals surface area contributed by atoms with Gasteiger partial charge in [0.15, 0.2) is 0 Å². The van der Waals surface area contributed by atoms with Crippen LogP contribution >= 0.6 is 11.6 Å². The van der Waals surface area contributed by atoms with Gasteiger partial charge in [0.05, 0.1) is 10.7 Å². The average Bonchev–Trinajstić information content (AvgIpc) is 2.75. The second-order valence-electron chi connectivity index (χ2n) is 6.11. The minimum Gasteiger partial charge on any atom is -0.343 e. The first kappa shape index (κ1) is 20.2. The number of amides is 1. The van der Waals surface area contributed by atoms with Gasteiger partial charge in [-0.15, -0.1) is 0 Å². The van der Waals surface area contributed by atoms with Crippen molar-refractivity contribution in [2.24, 2.45) is 7.05 Å². The highest BCUT2D eigenvalue weighted by atomic mass is 35.5. The van der Waals surface area contributed by atoms with Crippen molar-refractivity contribution in [3.05, 3.63) is 46.5 Å². The molecule has 7 nitrogen and oxygen atoms in total. The Bertz CT molecular complexity index is 941. The molecule has 1 amide bonds. The fourth-order valence-corrected chi connectivity index (χ4v) is 3.82. The van der Waals surface area contributed by atoms with Gasteiger partial charge in [-0.1, -0.05) is 11.6 Å². The molecule has 2 rings (SSSR count). The van der Waals surface area contributed by atoms with Crippen LogP contribution in [-0.2, 0) is 17.3 Å². The molecule has 0 aliphatic heterocycles. The quantitative estimate of drug-likeness (QED) is 0.693. The summed E-state index contributed by atoms with van der Waals surface area (Å²) in [6, 6.07) is 3.85. The van der Waals surface area contributed by atoms with Crippen molar-refractivity contribution in [1.82, 2.24) is 9.29 Å². The lowest BCUT2D eigenvalue weighted by atomic mass is 10.2. The molecule has 0 saturated heterocycles. The zero-order valence-corrected chi connectivity index (χ0v) is 16.3. The molecule has 1 aromatic heterocycles. The van der Waals surface area contributed by atoms with Crippen LogP contribution in [0.5, 0.6) is 0 Å². The topological polar surface area (TPSA) is 92.2 Å². The van der Waals surface area contributed by atoms with Gasteiger partial charge >= 0.3 is 0 Å². The summed E-state index contributed by atoms with van der Waals surface area (Å²) >= 11 is 6.19. The summed E-state index contributed by atoms with van der Waals surface area (Å²) < 4.78 is 43.4. The lowest BCUT2D eigenvalue weighted by molar-refractivity contribution is 0.101. The van der Waals surface area contributed by atoms with Crippen LogP contribution in [0, 0.1) is 12.7 Å². The summed E-state index contributed by atoms with van der Waals surface area (Å²) in [6.07, 6.45) is 1.40. The summed E-state index contributed by atoms with van der Waals surface area (Å²) in [5, 5.41) is 2.57. The van der Waals surface area contributed by atoms with Gasteiger partial charge in [0.25, 0.3) is 16.1 Å². The predicted molar refractivity (Wildman–Crippen MR) is 100 cm³/mol. The number of benzene rings is 1. The van der Waals surface area contributed by atoms with E-state index in [4.69, 9.17) is 11.6 Å². The van der Waals surface area contributed by atoms with E-state index in [-0.39, 0.29) is 28.3 Å². The Labute approximate surface area is 156 Å². The molecule has 0 radical (unpaired) electrons. The predicted octanol–water partition coefficient (Wildman–Crippen LogP) is 3.03. The number of nitrogens with one attached hydrogen (secondary N) is 3. The number of aromatic nitrogens is 1. The van der Waals surface area contributed by atoms with Crippen molar-refractivity contribution in [3.8, 4) is 0 Å². The Balaban J connectivity index is 2.26. The molecule has 26 heavy (non-hydrogen) atoms. The van der Waals surface area contributed by atoms with Gasteiger partial charge in [-0.05, 0) is 44.5 Å². The first-order valence-electron chi connectivity index (χ1n) is 7.72. The Hall–Kier alpha value is -2.10. The minimum atomic E-state index is -3.83. The van der Waals surface area contributed by atoms with E-state index in [1.807, 2.05) is 0 Å². The second-order valence-corrected chi connectivity index (χ2v) is 7.94. The van der Waals surface area contributed by atoms with Gasteiger partial charge < -0.3 is 9.88 Å². The normalized spacial score (nSPS) is 11.7. The fraction of sp³-hybridized carbons (Fsp3) is 0.312. The summed E-state index contributed by atoms with van der Waals surface area (Å²) in [4.78, 5) is 12.5. The lowest BCUT2D eigenvalue weighted by Crippen LogP contribution is -2.35. The van der Waals surface area contributed by atoms with E-state index in [2.05, 4.69) is 14.8 Å². The van der Waals surface area contributed by atoms with Crippen molar-refractivity contribution in [2.75, 3.05) is 10.0 Å². The monoisotopic (exact) mass is 402 g/mol. The largest absolute Gasteiger partial charge is 0.343 e. The van der Waals surface area contributed by atoms with Gasteiger partial charge in [-0.25, -0.2) is 4.39 Å². The summed E-state index contributed by atoms with van der Waals surface area (Å²) in [5.74, 6) is -0.931. The smallest absolute Gasteiger partial charge is 0.299 e. The summed E-state index contributed by atoms with van der Waals surface area (Å²) in [5.41, 5.74) is 0.919. The number of hydrogen-bond donors (Lipinski definition) is 3. The number of carbonyl (C=O) groups is 1. The van der Waals surface area contributed by atoms with Gasteiger partial charge in [0.1, 0.15) is 11.5 Å². The van der Waals surface area contributed by atoms with Crippen molar-refractivity contribution < 1.29 is 17.6 Å². The highest BCUT2D eigenvalue weighted by molar-refractivity contribution is 7.90. The van der Waals surface area contributed by atoms with Crippen LogP contribution < -0.4 is 14.8 Å². The zero-order chi connectivity index (χ0) is 19.6. The maximum Gasteiger partial charge on any atom is 0.299 e. The third-order valence-electron chi connectivity index (χ3n) is 3.39. The lowest BCUT2D eigenvalue weighted by Gasteiger charge is -2.11. The van der Waals surface area contributed by atoms with Crippen molar-refractivity contribution in [1.29, 1.82) is 0 Å². The molecule has 0 saturated carbocycles. The highest BCUT2D eigenvalue weighted by Gasteiger charge is 2.22. The van der Waals surface area contributed by atoms with E-state index in [1.54, 1.807) is 27.8 Å².